The van der Waals surface area contributed by atoms with E-state index < -0.39 is 5.60 Å². The summed E-state index contributed by atoms with van der Waals surface area (Å²) in [5.41, 5.74) is -0.0819. The number of carbonyl (C=O) groups is 1. The van der Waals surface area contributed by atoms with Crippen LogP contribution in [0.3, 0.4) is 0 Å². The highest BCUT2D eigenvalue weighted by Crippen LogP contribution is 2.44. The molecule has 1 aliphatic heterocycles. The van der Waals surface area contributed by atoms with Gasteiger partial charge in [0, 0.05) is 0 Å². The van der Waals surface area contributed by atoms with Crippen LogP contribution in [0.5, 0.6) is 0 Å². The van der Waals surface area contributed by atoms with Crippen molar-refractivity contribution in [1.82, 2.24) is 0 Å². The summed E-state index contributed by atoms with van der Waals surface area (Å²) in [6.45, 7) is 7.98. The topological polar surface area (TPSA) is 39.4 Å². The fraction of sp³-hybridized carbons (Fsp3) is 0.615. The average Bonchev–Trinajstić information content (AvgIpc) is 2.66. The van der Waals surface area contributed by atoms with Crippen LogP contribution in [0, 0.1) is 5.92 Å². The first-order valence-electron chi connectivity index (χ1n) is 5.70. The molecule has 1 aromatic heterocycles. The van der Waals surface area contributed by atoms with Gasteiger partial charge in [0.05, 0.1) is 28.9 Å². The van der Waals surface area contributed by atoms with Gasteiger partial charge >= 0.3 is 0 Å². The van der Waals surface area contributed by atoms with Crippen molar-refractivity contribution in [2.75, 3.05) is 0 Å². The number of carbonyl (C=O) groups excluding carboxylic acids is 1. The summed E-state index contributed by atoms with van der Waals surface area (Å²) in [5, 5.41) is 0. The normalized spacial score (nSPS) is 26.1. The van der Waals surface area contributed by atoms with Gasteiger partial charge in [-0.2, -0.15) is 0 Å². The lowest BCUT2D eigenvalue weighted by molar-refractivity contribution is -0.0712. The van der Waals surface area contributed by atoms with Crippen LogP contribution in [-0.4, -0.2) is 17.0 Å². The van der Waals surface area contributed by atoms with E-state index >= 15 is 0 Å². The van der Waals surface area contributed by atoms with Gasteiger partial charge in [0.25, 0.3) is 0 Å². The lowest BCUT2D eigenvalue weighted by Crippen LogP contribution is -2.33. The molecule has 3 nitrogen and oxygen atoms in total. The van der Waals surface area contributed by atoms with Gasteiger partial charge in [-0.3, -0.25) is 4.79 Å². The molecule has 1 aromatic rings. The lowest BCUT2D eigenvalue weighted by Gasteiger charge is -2.26. The highest BCUT2D eigenvalue weighted by atomic mass is 79.9. The quantitative estimate of drug-likeness (QED) is 0.780. The van der Waals surface area contributed by atoms with Gasteiger partial charge in [-0.1, -0.05) is 0 Å². The third kappa shape index (κ3) is 2.33. The summed E-state index contributed by atoms with van der Waals surface area (Å²) in [5.74, 6) is -0.0485. The molecule has 94 valence electrons. The Morgan fingerprint density at radius 3 is 2.47 bits per heavy atom. The Morgan fingerprint density at radius 2 is 2.06 bits per heavy atom. The van der Waals surface area contributed by atoms with E-state index in [2.05, 4.69) is 15.9 Å². The molecule has 0 aromatic carbocycles. The maximum Gasteiger partial charge on any atom is 0.179 e. The number of halogens is 1. The maximum absolute atomic E-state index is 12.5. The van der Waals surface area contributed by atoms with E-state index in [1.54, 1.807) is 6.07 Å². The molecule has 2 heterocycles. The summed E-state index contributed by atoms with van der Waals surface area (Å²) >= 11 is 3.25. The molecule has 17 heavy (non-hydrogen) atoms. The van der Waals surface area contributed by atoms with Crippen LogP contribution in [0.25, 0.3) is 0 Å². The van der Waals surface area contributed by atoms with Crippen molar-refractivity contribution in [3.05, 3.63) is 22.6 Å². The van der Waals surface area contributed by atoms with Crippen molar-refractivity contribution < 1.29 is 13.9 Å². The number of hydrogen-bond donors (Lipinski definition) is 0. The fourth-order valence-corrected chi connectivity index (χ4v) is 3.06. The minimum Gasteiger partial charge on any atom is -0.457 e. The number of ether oxygens (including phenoxy) is 1. The minimum absolute atomic E-state index is 0.0844. The van der Waals surface area contributed by atoms with Gasteiger partial charge in [0.15, 0.2) is 10.5 Å². The van der Waals surface area contributed by atoms with Crippen LogP contribution >= 0.6 is 15.9 Å². The van der Waals surface area contributed by atoms with E-state index in [0.29, 0.717) is 10.2 Å². The molecule has 0 radical (unpaired) electrons. The van der Waals surface area contributed by atoms with Gasteiger partial charge < -0.3 is 9.15 Å². The second-order valence-corrected chi connectivity index (χ2v) is 6.41. The second-order valence-electron chi connectivity index (χ2n) is 5.69. The van der Waals surface area contributed by atoms with Crippen LogP contribution in [0.4, 0.5) is 0 Å². The molecular formula is C13H17BrO3. The number of rotatable bonds is 2. The molecule has 1 saturated heterocycles. The van der Waals surface area contributed by atoms with Crippen molar-refractivity contribution in [2.45, 2.75) is 45.3 Å². The van der Waals surface area contributed by atoms with Crippen molar-refractivity contribution in [2.24, 2.45) is 5.92 Å². The molecule has 4 heteroatoms. The van der Waals surface area contributed by atoms with Crippen LogP contribution in [0.15, 0.2) is 21.4 Å². The molecule has 0 spiro atoms. The Morgan fingerprint density at radius 1 is 1.41 bits per heavy atom. The third-order valence-corrected chi connectivity index (χ3v) is 3.89. The largest absolute Gasteiger partial charge is 0.457 e. The zero-order chi connectivity index (χ0) is 12.8. The van der Waals surface area contributed by atoms with Crippen molar-refractivity contribution in [3.8, 4) is 0 Å². The Kier molecular flexibility index (Phi) is 2.99. The predicted octanol–water partition coefficient (Wildman–Crippen LogP) is 3.82. The third-order valence-electron chi connectivity index (χ3n) is 3.27. The SMILES string of the molecule is CC1(C)CC(C(=O)c2ccoc2Br)C(C)(C)O1. The summed E-state index contributed by atoms with van der Waals surface area (Å²) in [4.78, 5) is 12.5. The molecule has 0 bridgehead atoms. The second kappa shape index (κ2) is 3.95. The minimum atomic E-state index is -0.433. The molecule has 1 atom stereocenters. The summed E-state index contributed by atoms with van der Waals surface area (Å²) in [6.07, 6.45) is 2.25. The molecule has 0 aliphatic carbocycles. The van der Waals surface area contributed by atoms with Gasteiger partial charge in [-0.15, -0.1) is 0 Å². The van der Waals surface area contributed by atoms with Gasteiger partial charge in [-0.25, -0.2) is 0 Å². The lowest BCUT2D eigenvalue weighted by atomic mass is 9.82. The first-order chi connectivity index (χ1) is 7.73. The number of Topliss-reactive ketones (excluding diaryl/α,β-unsaturated/α-hetero) is 1. The highest BCUT2D eigenvalue weighted by molar-refractivity contribution is 9.10. The van der Waals surface area contributed by atoms with Crippen molar-refractivity contribution >= 4 is 21.7 Å². The number of furan rings is 1. The van der Waals surface area contributed by atoms with Crippen molar-refractivity contribution in [1.29, 1.82) is 0 Å². The zero-order valence-electron chi connectivity index (χ0n) is 10.5. The molecular weight excluding hydrogens is 284 g/mol. The maximum atomic E-state index is 12.5. The predicted molar refractivity (Wildman–Crippen MR) is 68.1 cm³/mol. The van der Waals surface area contributed by atoms with Crippen molar-refractivity contribution in [3.63, 3.8) is 0 Å². The smallest absolute Gasteiger partial charge is 0.179 e. The Hall–Kier alpha value is -0.610. The zero-order valence-corrected chi connectivity index (χ0v) is 12.1. The molecule has 1 aliphatic rings. The van der Waals surface area contributed by atoms with E-state index in [9.17, 15) is 4.79 Å². The van der Waals surface area contributed by atoms with E-state index in [0.717, 1.165) is 6.42 Å². The highest BCUT2D eigenvalue weighted by Gasteiger charge is 2.49. The molecule has 0 N–H and O–H groups in total. The van der Waals surface area contributed by atoms with Gasteiger partial charge in [0.2, 0.25) is 0 Å². The summed E-state index contributed by atoms with van der Waals surface area (Å²) in [7, 11) is 0. The van der Waals surface area contributed by atoms with E-state index in [-0.39, 0.29) is 17.3 Å². The Bertz CT molecular complexity index is 445. The molecule has 2 rings (SSSR count). The molecule has 0 saturated carbocycles. The van der Waals surface area contributed by atoms with Crippen LogP contribution < -0.4 is 0 Å². The van der Waals surface area contributed by atoms with Crippen LogP contribution in [0.2, 0.25) is 0 Å². The Balaban J connectivity index is 2.30. The van der Waals surface area contributed by atoms with Crippen LogP contribution in [0.1, 0.15) is 44.5 Å². The molecule has 0 amide bonds. The summed E-state index contributed by atoms with van der Waals surface area (Å²) < 4.78 is 11.6. The van der Waals surface area contributed by atoms with E-state index in [4.69, 9.17) is 9.15 Å². The van der Waals surface area contributed by atoms with E-state index in [1.165, 1.54) is 6.26 Å². The average molecular weight is 301 g/mol. The first-order valence-corrected chi connectivity index (χ1v) is 6.50. The number of ketones is 1. The van der Waals surface area contributed by atoms with E-state index in [1.807, 2.05) is 27.7 Å². The Labute approximate surface area is 110 Å². The summed E-state index contributed by atoms with van der Waals surface area (Å²) in [6, 6.07) is 1.70. The monoisotopic (exact) mass is 300 g/mol. The first kappa shape index (κ1) is 12.8. The van der Waals surface area contributed by atoms with Gasteiger partial charge in [-0.05, 0) is 56.1 Å². The molecule has 1 fully saturated rings. The van der Waals surface area contributed by atoms with Gasteiger partial charge in [0.1, 0.15) is 0 Å². The standard InChI is InChI=1S/C13H17BrO3/c1-12(2)7-9(13(3,4)17-12)10(15)8-5-6-16-11(8)14/h5-6,9H,7H2,1-4H3. The fourth-order valence-electron chi connectivity index (χ4n) is 2.63. The molecule has 1 unspecified atom stereocenters. The number of hydrogen-bond acceptors (Lipinski definition) is 3. The van der Waals surface area contributed by atoms with Crippen LogP contribution in [-0.2, 0) is 4.74 Å².